The Morgan fingerprint density at radius 2 is 1.77 bits per heavy atom. The van der Waals surface area contributed by atoms with Gasteiger partial charge in [-0.3, -0.25) is 4.90 Å². The summed E-state index contributed by atoms with van der Waals surface area (Å²) in [6.45, 7) is 3.34. The Kier molecular flexibility index (Phi) is 9.49. The Bertz CT molecular complexity index is 2030. The van der Waals surface area contributed by atoms with Crippen LogP contribution in [0.4, 0.5) is 22.1 Å². The highest BCUT2D eigenvalue weighted by atomic mass is 16.5. The van der Waals surface area contributed by atoms with E-state index in [9.17, 15) is 4.79 Å². The second kappa shape index (κ2) is 14.2. The molecule has 0 saturated heterocycles. The number of hydrogen-bond donors (Lipinski definition) is 2. The van der Waals surface area contributed by atoms with E-state index in [1.807, 2.05) is 124 Å². The minimum Gasteiger partial charge on any atom is -0.495 e. The maximum absolute atomic E-state index is 12.8. The molecule has 0 bridgehead atoms. The lowest BCUT2D eigenvalue weighted by atomic mass is 10.0. The Hall–Kier alpha value is -5.94. The van der Waals surface area contributed by atoms with Gasteiger partial charge >= 0.3 is 6.03 Å². The summed E-state index contributed by atoms with van der Waals surface area (Å²) in [6.07, 6.45) is 3.53. The molecule has 0 radical (unpaired) electrons. The smallest absolute Gasteiger partial charge is 0.319 e. The summed E-state index contributed by atoms with van der Waals surface area (Å²) < 4.78 is 13.2. The van der Waals surface area contributed by atoms with Gasteiger partial charge in [0.05, 0.1) is 36.1 Å². The molecule has 0 aliphatic heterocycles. The number of ether oxygens (including phenoxy) is 2. The van der Waals surface area contributed by atoms with E-state index in [1.54, 1.807) is 22.7 Å². The third-order valence-corrected chi connectivity index (χ3v) is 7.95. The van der Waals surface area contributed by atoms with Gasteiger partial charge in [-0.1, -0.05) is 48.5 Å². The average molecular weight is 643 g/mol. The van der Waals surface area contributed by atoms with E-state index >= 15 is 0 Å². The SMILES string of the molecule is COc1ccc2c(-c3ccnc(Nc4cccc(OCCN(C)C)c4)n3)c(-c3cccc(N(C(N)=O)[C@H](C)c4ccccc4)c3)nn2c1. The van der Waals surface area contributed by atoms with Crippen LogP contribution in [-0.4, -0.2) is 64.9 Å². The van der Waals surface area contributed by atoms with Crippen LogP contribution in [0.1, 0.15) is 18.5 Å². The minimum atomic E-state index is -0.554. The van der Waals surface area contributed by atoms with Crippen LogP contribution in [0.2, 0.25) is 0 Å². The predicted octanol–water partition coefficient (Wildman–Crippen LogP) is 6.80. The molecule has 11 heteroatoms. The number of amides is 2. The molecule has 6 aromatic rings. The number of pyridine rings is 1. The molecule has 11 nitrogen and oxygen atoms in total. The van der Waals surface area contributed by atoms with Crippen molar-refractivity contribution in [2.75, 3.05) is 44.6 Å². The Labute approximate surface area is 279 Å². The summed E-state index contributed by atoms with van der Waals surface area (Å²) in [4.78, 5) is 25.9. The molecule has 0 aliphatic rings. The van der Waals surface area contributed by atoms with Crippen molar-refractivity contribution in [2.45, 2.75) is 13.0 Å². The van der Waals surface area contributed by atoms with E-state index in [0.29, 0.717) is 35.4 Å². The monoisotopic (exact) mass is 642 g/mol. The van der Waals surface area contributed by atoms with Gasteiger partial charge in [0.2, 0.25) is 5.95 Å². The second-order valence-corrected chi connectivity index (χ2v) is 11.5. The molecule has 1 atom stereocenters. The van der Waals surface area contributed by atoms with Crippen molar-refractivity contribution < 1.29 is 14.3 Å². The number of rotatable bonds is 12. The number of nitrogens with zero attached hydrogens (tertiary/aromatic N) is 6. The third-order valence-electron chi connectivity index (χ3n) is 7.95. The van der Waals surface area contributed by atoms with Crippen LogP contribution >= 0.6 is 0 Å². The summed E-state index contributed by atoms with van der Waals surface area (Å²) in [6, 6.07) is 30.0. The maximum atomic E-state index is 12.8. The zero-order chi connectivity index (χ0) is 33.6. The van der Waals surface area contributed by atoms with Crippen molar-refractivity contribution in [3.63, 3.8) is 0 Å². The fourth-order valence-corrected chi connectivity index (χ4v) is 5.53. The number of nitrogens with one attached hydrogen (secondary N) is 1. The van der Waals surface area contributed by atoms with E-state index in [1.165, 1.54) is 0 Å². The highest BCUT2D eigenvalue weighted by Gasteiger charge is 2.24. The van der Waals surface area contributed by atoms with Gasteiger partial charge in [-0.25, -0.2) is 19.3 Å². The van der Waals surface area contributed by atoms with Crippen LogP contribution in [0.5, 0.6) is 11.5 Å². The number of carbonyl (C=O) groups excluding carboxylic acids is 1. The number of carbonyl (C=O) groups is 1. The number of likely N-dealkylation sites (N-methyl/N-ethyl adjacent to an activating group) is 1. The van der Waals surface area contributed by atoms with Gasteiger partial charge in [-0.05, 0) is 69.0 Å². The summed E-state index contributed by atoms with van der Waals surface area (Å²) >= 11 is 0. The van der Waals surface area contributed by atoms with Gasteiger partial charge in [0.1, 0.15) is 23.8 Å². The first-order valence-corrected chi connectivity index (χ1v) is 15.6. The van der Waals surface area contributed by atoms with Gasteiger partial charge in [0.25, 0.3) is 0 Å². The molecule has 48 heavy (non-hydrogen) atoms. The number of benzene rings is 3. The number of nitrogens with two attached hydrogens (primary N) is 1. The first-order chi connectivity index (χ1) is 23.3. The first kappa shape index (κ1) is 32.0. The topological polar surface area (TPSA) is 123 Å². The van der Waals surface area contributed by atoms with Crippen LogP contribution < -0.4 is 25.4 Å². The number of methoxy groups -OCH3 is 1. The first-order valence-electron chi connectivity index (χ1n) is 15.6. The molecule has 0 unspecified atom stereocenters. The standard InChI is InChI=1S/C37H38N8O3/c1-25(26-10-6-5-7-11-26)45(36(38)46)29-14-8-12-27(22-29)35-34(33-17-16-31(47-4)24-44(33)42-35)32-18-19-39-37(41-32)40-28-13-9-15-30(23-28)48-21-20-43(2)3/h5-19,22-25H,20-21H2,1-4H3,(H2,38,46)(H,39,40,41)/t25-/m1/s1. The molecule has 0 aliphatic carbocycles. The van der Waals surface area contributed by atoms with Gasteiger partial charge in [0.15, 0.2) is 0 Å². The molecular weight excluding hydrogens is 604 g/mol. The molecule has 0 spiro atoms. The molecular formula is C37H38N8O3. The summed E-state index contributed by atoms with van der Waals surface area (Å²) in [5.41, 5.74) is 12.1. The molecule has 3 aromatic heterocycles. The van der Waals surface area contributed by atoms with Crippen LogP contribution in [-0.2, 0) is 0 Å². The van der Waals surface area contributed by atoms with Crippen molar-refractivity contribution in [2.24, 2.45) is 5.73 Å². The number of fused-ring (bicyclic) bond motifs is 1. The van der Waals surface area contributed by atoms with Gasteiger partial charge in [-0.2, -0.15) is 5.10 Å². The highest BCUT2D eigenvalue weighted by Crippen LogP contribution is 2.38. The van der Waals surface area contributed by atoms with Crippen molar-refractivity contribution >= 4 is 28.9 Å². The van der Waals surface area contributed by atoms with E-state index in [-0.39, 0.29) is 6.04 Å². The predicted molar refractivity (Wildman–Crippen MR) is 189 cm³/mol. The van der Waals surface area contributed by atoms with Crippen LogP contribution in [0.15, 0.2) is 109 Å². The lowest BCUT2D eigenvalue weighted by Crippen LogP contribution is -2.37. The van der Waals surface area contributed by atoms with Crippen molar-refractivity contribution in [1.29, 1.82) is 0 Å². The van der Waals surface area contributed by atoms with Crippen LogP contribution in [0.25, 0.3) is 28.0 Å². The molecule has 3 heterocycles. The van der Waals surface area contributed by atoms with Crippen molar-refractivity contribution in [1.82, 2.24) is 24.5 Å². The maximum Gasteiger partial charge on any atom is 0.319 e. The van der Waals surface area contributed by atoms with Crippen molar-refractivity contribution in [3.8, 4) is 34.0 Å². The number of anilines is 3. The quantitative estimate of drug-likeness (QED) is 0.150. The van der Waals surface area contributed by atoms with Gasteiger partial charge in [0, 0.05) is 35.7 Å². The van der Waals surface area contributed by atoms with E-state index in [2.05, 4.69) is 15.2 Å². The lowest BCUT2D eigenvalue weighted by molar-refractivity contribution is 0.252. The Morgan fingerprint density at radius 3 is 2.54 bits per heavy atom. The summed E-state index contributed by atoms with van der Waals surface area (Å²) in [5.74, 6) is 1.83. The fraction of sp³-hybridized carbons (Fsp3) is 0.189. The summed E-state index contributed by atoms with van der Waals surface area (Å²) in [5, 5.41) is 8.30. The van der Waals surface area contributed by atoms with Gasteiger partial charge in [-0.15, -0.1) is 0 Å². The number of hydrogen-bond acceptors (Lipinski definition) is 8. The molecule has 2 amide bonds. The highest BCUT2D eigenvalue weighted by molar-refractivity contribution is 5.95. The summed E-state index contributed by atoms with van der Waals surface area (Å²) in [7, 11) is 5.64. The molecule has 3 N–H and O–H groups in total. The lowest BCUT2D eigenvalue weighted by Gasteiger charge is -2.28. The fourth-order valence-electron chi connectivity index (χ4n) is 5.53. The van der Waals surface area contributed by atoms with E-state index < -0.39 is 6.03 Å². The number of urea groups is 1. The molecule has 0 saturated carbocycles. The zero-order valence-corrected chi connectivity index (χ0v) is 27.4. The number of primary amides is 1. The van der Waals surface area contributed by atoms with Gasteiger partial charge < -0.3 is 25.4 Å². The van der Waals surface area contributed by atoms with Crippen LogP contribution in [0, 0.1) is 0 Å². The van der Waals surface area contributed by atoms with Crippen molar-refractivity contribution in [3.05, 3.63) is 115 Å². The normalized spacial score (nSPS) is 11.8. The molecule has 0 fully saturated rings. The third kappa shape index (κ3) is 7.06. The zero-order valence-electron chi connectivity index (χ0n) is 27.4. The van der Waals surface area contributed by atoms with E-state index in [4.69, 9.17) is 25.3 Å². The Morgan fingerprint density at radius 1 is 0.958 bits per heavy atom. The van der Waals surface area contributed by atoms with E-state index in [0.717, 1.165) is 40.2 Å². The molecule has 3 aromatic carbocycles. The molecule has 6 rings (SSSR count). The Balaban J connectivity index is 1.39. The van der Waals surface area contributed by atoms with Crippen LogP contribution in [0.3, 0.4) is 0 Å². The second-order valence-electron chi connectivity index (χ2n) is 11.5. The largest absolute Gasteiger partial charge is 0.495 e. The number of aromatic nitrogens is 4. The molecule has 244 valence electrons. The minimum absolute atomic E-state index is 0.295. The average Bonchev–Trinajstić information content (AvgIpc) is 3.48.